The molecule has 1 saturated carbocycles. The van der Waals surface area contributed by atoms with Gasteiger partial charge >= 0.3 is 0 Å². The van der Waals surface area contributed by atoms with Crippen molar-refractivity contribution in [2.24, 2.45) is 5.92 Å². The average Bonchev–Trinajstić information content (AvgIpc) is 2.39. The fraction of sp³-hybridized carbons (Fsp3) is 0.562. The Labute approximate surface area is 124 Å². The SMILES string of the molecule is CN(CCc1cccc(Br)c1)CC1CCC(=O)CC1. The highest BCUT2D eigenvalue weighted by Gasteiger charge is 2.19. The van der Waals surface area contributed by atoms with Crippen LogP contribution in [-0.2, 0) is 11.2 Å². The number of carbonyl (C=O) groups is 1. The summed E-state index contributed by atoms with van der Waals surface area (Å²) in [7, 11) is 2.19. The standard InChI is InChI=1S/C16H22BrNO/c1-18(12-14-5-7-16(19)8-6-14)10-9-13-3-2-4-15(17)11-13/h2-4,11,14H,5-10,12H2,1H3. The van der Waals surface area contributed by atoms with Crippen molar-refractivity contribution in [3.63, 3.8) is 0 Å². The minimum Gasteiger partial charge on any atom is -0.306 e. The summed E-state index contributed by atoms with van der Waals surface area (Å²) in [5, 5.41) is 0. The number of nitrogens with zero attached hydrogens (tertiary/aromatic N) is 1. The van der Waals surface area contributed by atoms with Crippen molar-refractivity contribution in [2.75, 3.05) is 20.1 Å². The van der Waals surface area contributed by atoms with Gasteiger partial charge in [-0.2, -0.15) is 0 Å². The van der Waals surface area contributed by atoms with Crippen molar-refractivity contribution in [3.8, 4) is 0 Å². The minimum absolute atomic E-state index is 0.452. The molecule has 1 aliphatic rings. The van der Waals surface area contributed by atoms with Gasteiger partial charge < -0.3 is 4.90 Å². The smallest absolute Gasteiger partial charge is 0.132 e. The lowest BCUT2D eigenvalue weighted by molar-refractivity contribution is -0.121. The largest absolute Gasteiger partial charge is 0.306 e. The molecular formula is C16H22BrNO. The van der Waals surface area contributed by atoms with Gasteiger partial charge in [-0.1, -0.05) is 28.1 Å². The monoisotopic (exact) mass is 323 g/mol. The van der Waals surface area contributed by atoms with E-state index in [0.29, 0.717) is 11.7 Å². The predicted octanol–water partition coefficient (Wildman–Crippen LogP) is 3.68. The van der Waals surface area contributed by atoms with Crippen molar-refractivity contribution < 1.29 is 4.79 Å². The van der Waals surface area contributed by atoms with Gasteiger partial charge in [-0.05, 0) is 49.9 Å². The quantitative estimate of drug-likeness (QED) is 0.823. The normalized spacial score (nSPS) is 17.1. The van der Waals surface area contributed by atoms with Crippen LogP contribution in [0.2, 0.25) is 0 Å². The number of halogens is 1. The van der Waals surface area contributed by atoms with E-state index < -0.39 is 0 Å². The van der Waals surface area contributed by atoms with Crippen molar-refractivity contribution >= 4 is 21.7 Å². The zero-order valence-corrected chi connectivity index (χ0v) is 13.2. The average molecular weight is 324 g/mol. The third kappa shape index (κ3) is 5.07. The molecule has 0 radical (unpaired) electrons. The van der Waals surface area contributed by atoms with Crippen molar-refractivity contribution in [1.82, 2.24) is 4.90 Å². The summed E-state index contributed by atoms with van der Waals surface area (Å²) < 4.78 is 1.15. The van der Waals surface area contributed by atoms with Crippen LogP contribution < -0.4 is 0 Å². The highest BCUT2D eigenvalue weighted by molar-refractivity contribution is 9.10. The first-order valence-corrected chi connectivity index (χ1v) is 7.87. The van der Waals surface area contributed by atoms with Gasteiger partial charge in [0.25, 0.3) is 0 Å². The predicted molar refractivity (Wildman–Crippen MR) is 82.3 cm³/mol. The molecular weight excluding hydrogens is 302 g/mol. The van der Waals surface area contributed by atoms with E-state index in [4.69, 9.17) is 0 Å². The lowest BCUT2D eigenvalue weighted by Gasteiger charge is -2.26. The molecule has 1 aromatic rings. The van der Waals surface area contributed by atoms with Gasteiger partial charge in [0.05, 0.1) is 0 Å². The van der Waals surface area contributed by atoms with E-state index in [2.05, 4.69) is 52.1 Å². The van der Waals surface area contributed by atoms with Crippen LogP contribution in [0.5, 0.6) is 0 Å². The van der Waals surface area contributed by atoms with Crippen LogP contribution in [0.15, 0.2) is 28.7 Å². The number of hydrogen-bond donors (Lipinski definition) is 0. The second kappa shape index (κ2) is 7.20. The molecule has 0 bridgehead atoms. The molecule has 0 aliphatic heterocycles. The summed E-state index contributed by atoms with van der Waals surface area (Å²) in [6, 6.07) is 8.52. The second-order valence-electron chi connectivity index (χ2n) is 5.62. The third-order valence-corrected chi connectivity index (χ3v) is 4.40. The molecule has 2 nitrogen and oxygen atoms in total. The lowest BCUT2D eigenvalue weighted by Crippen LogP contribution is -2.30. The summed E-state index contributed by atoms with van der Waals surface area (Å²) in [6.45, 7) is 2.21. The Morgan fingerprint density at radius 3 is 2.74 bits per heavy atom. The van der Waals surface area contributed by atoms with Crippen LogP contribution in [0.25, 0.3) is 0 Å². The zero-order valence-electron chi connectivity index (χ0n) is 11.6. The molecule has 19 heavy (non-hydrogen) atoms. The maximum absolute atomic E-state index is 11.2. The Kier molecular flexibility index (Phi) is 5.59. The van der Waals surface area contributed by atoms with Gasteiger partial charge in [0.2, 0.25) is 0 Å². The molecule has 0 N–H and O–H groups in total. The van der Waals surface area contributed by atoms with E-state index in [9.17, 15) is 4.79 Å². The van der Waals surface area contributed by atoms with E-state index in [1.54, 1.807) is 0 Å². The maximum Gasteiger partial charge on any atom is 0.132 e. The molecule has 0 amide bonds. The molecule has 2 rings (SSSR count). The van der Waals surface area contributed by atoms with Crippen LogP contribution in [0.3, 0.4) is 0 Å². The van der Waals surface area contributed by atoms with E-state index in [-0.39, 0.29) is 0 Å². The second-order valence-corrected chi connectivity index (χ2v) is 6.54. The topological polar surface area (TPSA) is 20.3 Å². The maximum atomic E-state index is 11.2. The molecule has 0 aromatic heterocycles. The Balaban J connectivity index is 1.72. The van der Waals surface area contributed by atoms with Crippen LogP contribution >= 0.6 is 15.9 Å². The van der Waals surface area contributed by atoms with Crippen molar-refractivity contribution in [1.29, 1.82) is 0 Å². The van der Waals surface area contributed by atoms with Gasteiger partial charge in [-0.15, -0.1) is 0 Å². The highest BCUT2D eigenvalue weighted by Crippen LogP contribution is 2.22. The van der Waals surface area contributed by atoms with Crippen LogP contribution in [0.1, 0.15) is 31.2 Å². The number of ketones is 1. The number of carbonyl (C=O) groups excluding carboxylic acids is 1. The first kappa shape index (κ1) is 14.7. The van der Waals surface area contributed by atoms with Crippen molar-refractivity contribution in [3.05, 3.63) is 34.3 Å². The number of Topliss-reactive ketones (excluding diaryl/α,β-unsaturated/α-hetero) is 1. The first-order valence-electron chi connectivity index (χ1n) is 7.08. The Morgan fingerprint density at radius 1 is 1.32 bits per heavy atom. The molecule has 0 unspecified atom stereocenters. The summed E-state index contributed by atoms with van der Waals surface area (Å²) in [5.74, 6) is 1.17. The van der Waals surface area contributed by atoms with Gasteiger partial charge in [-0.25, -0.2) is 0 Å². The number of rotatable bonds is 5. The molecule has 1 fully saturated rings. The lowest BCUT2D eigenvalue weighted by atomic mass is 9.88. The van der Waals surface area contributed by atoms with E-state index in [1.165, 1.54) is 5.56 Å². The van der Waals surface area contributed by atoms with Crippen LogP contribution in [0.4, 0.5) is 0 Å². The van der Waals surface area contributed by atoms with Crippen molar-refractivity contribution in [2.45, 2.75) is 32.1 Å². The van der Waals surface area contributed by atoms with Gasteiger partial charge in [0.15, 0.2) is 0 Å². The van der Waals surface area contributed by atoms with Crippen LogP contribution in [-0.4, -0.2) is 30.8 Å². The van der Waals surface area contributed by atoms with E-state index >= 15 is 0 Å². The summed E-state index contributed by atoms with van der Waals surface area (Å²) in [4.78, 5) is 13.6. The molecule has 104 valence electrons. The Bertz CT molecular complexity index is 423. The van der Waals surface area contributed by atoms with E-state index in [1.807, 2.05) is 0 Å². The molecule has 0 atom stereocenters. The fourth-order valence-corrected chi connectivity index (χ4v) is 3.17. The molecule has 3 heteroatoms. The number of hydrogen-bond acceptors (Lipinski definition) is 2. The summed E-state index contributed by atoms with van der Waals surface area (Å²) >= 11 is 3.51. The third-order valence-electron chi connectivity index (χ3n) is 3.90. The van der Waals surface area contributed by atoms with Gasteiger partial charge in [0, 0.05) is 30.4 Å². The first-order chi connectivity index (χ1) is 9.13. The molecule has 0 spiro atoms. The molecule has 1 aliphatic carbocycles. The zero-order chi connectivity index (χ0) is 13.7. The van der Waals surface area contributed by atoms with Gasteiger partial charge in [0.1, 0.15) is 5.78 Å². The molecule has 1 aromatic carbocycles. The number of likely N-dealkylation sites (N-methyl/N-ethyl adjacent to an activating group) is 1. The van der Waals surface area contributed by atoms with Gasteiger partial charge in [-0.3, -0.25) is 4.79 Å². The van der Waals surface area contributed by atoms with Crippen LogP contribution in [0, 0.1) is 5.92 Å². The minimum atomic E-state index is 0.452. The summed E-state index contributed by atoms with van der Waals surface area (Å²) in [6.07, 6.45) is 4.84. The number of benzene rings is 1. The van der Waals surface area contributed by atoms with E-state index in [0.717, 1.165) is 49.7 Å². The highest BCUT2D eigenvalue weighted by atomic mass is 79.9. The Hall–Kier alpha value is -0.670. The molecule has 0 heterocycles. The fourth-order valence-electron chi connectivity index (χ4n) is 2.73. The summed E-state index contributed by atoms with van der Waals surface area (Å²) in [5.41, 5.74) is 1.38. The molecule has 0 saturated heterocycles. The Morgan fingerprint density at radius 2 is 2.05 bits per heavy atom.